The summed E-state index contributed by atoms with van der Waals surface area (Å²) in [5, 5.41) is 0. The predicted octanol–water partition coefficient (Wildman–Crippen LogP) is 1.22. The number of esters is 2. The Morgan fingerprint density at radius 1 is 1.36 bits per heavy atom. The number of hydrogen-bond donors (Lipinski definition) is 0. The maximum absolute atomic E-state index is 10.9. The summed E-state index contributed by atoms with van der Waals surface area (Å²) < 4.78 is 9.35. The van der Waals surface area contributed by atoms with E-state index in [4.69, 9.17) is 0 Å². The van der Waals surface area contributed by atoms with Crippen LogP contribution in [0.2, 0.25) is 0 Å². The summed E-state index contributed by atoms with van der Waals surface area (Å²) in [5.41, 5.74) is 0.310. The SMILES string of the molecule is C=CCOC(=O)CCOC(=O)C(=C)C. The zero-order chi connectivity index (χ0) is 11.0. The molecule has 4 nitrogen and oxygen atoms in total. The Morgan fingerprint density at radius 3 is 2.50 bits per heavy atom. The summed E-state index contributed by atoms with van der Waals surface area (Å²) in [6.45, 7) is 8.52. The molecule has 0 heterocycles. The molecule has 0 aliphatic carbocycles. The molecule has 4 heteroatoms. The first-order valence-electron chi connectivity index (χ1n) is 4.17. The van der Waals surface area contributed by atoms with E-state index in [9.17, 15) is 9.59 Å². The second kappa shape index (κ2) is 6.88. The average molecular weight is 198 g/mol. The van der Waals surface area contributed by atoms with Crippen LogP contribution in [0.5, 0.6) is 0 Å². The average Bonchev–Trinajstić information content (AvgIpc) is 2.14. The van der Waals surface area contributed by atoms with Gasteiger partial charge in [-0.05, 0) is 6.92 Å². The van der Waals surface area contributed by atoms with Crippen molar-refractivity contribution in [3.05, 3.63) is 24.8 Å². The van der Waals surface area contributed by atoms with Crippen LogP contribution in [0.25, 0.3) is 0 Å². The van der Waals surface area contributed by atoms with Crippen LogP contribution in [-0.4, -0.2) is 25.2 Å². The molecule has 0 spiro atoms. The van der Waals surface area contributed by atoms with Crippen molar-refractivity contribution in [1.82, 2.24) is 0 Å². The highest BCUT2D eigenvalue weighted by molar-refractivity contribution is 5.87. The van der Waals surface area contributed by atoms with Gasteiger partial charge in [-0.15, -0.1) is 0 Å². The van der Waals surface area contributed by atoms with Gasteiger partial charge < -0.3 is 9.47 Å². The van der Waals surface area contributed by atoms with E-state index in [1.807, 2.05) is 0 Å². The third-order valence-corrected chi connectivity index (χ3v) is 1.25. The van der Waals surface area contributed by atoms with Crippen molar-refractivity contribution in [2.24, 2.45) is 0 Å². The molecule has 0 saturated heterocycles. The third-order valence-electron chi connectivity index (χ3n) is 1.25. The number of hydrogen-bond acceptors (Lipinski definition) is 4. The van der Waals surface area contributed by atoms with E-state index in [1.165, 1.54) is 6.08 Å². The van der Waals surface area contributed by atoms with Crippen molar-refractivity contribution in [2.75, 3.05) is 13.2 Å². The van der Waals surface area contributed by atoms with Gasteiger partial charge in [-0.2, -0.15) is 0 Å². The van der Waals surface area contributed by atoms with Gasteiger partial charge in [0.15, 0.2) is 0 Å². The fourth-order valence-corrected chi connectivity index (χ4v) is 0.574. The fraction of sp³-hybridized carbons (Fsp3) is 0.400. The van der Waals surface area contributed by atoms with E-state index in [2.05, 4.69) is 22.6 Å². The highest BCUT2D eigenvalue weighted by Gasteiger charge is 2.06. The minimum absolute atomic E-state index is 0.0155. The second-order valence-corrected chi connectivity index (χ2v) is 2.64. The van der Waals surface area contributed by atoms with Crippen LogP contribution in [0, 0.1) is 0 Å². The summed E-state index contributed by atoms with van der Waals surface area (Å²) >= 11 is 0. The maximum atomic E-state index is 10.9. The first-order valence-corrected chi connectivity index (χ1v) is 4.17. The Hall–Kier alpha value is -1.58. The van der Waals surface area contributed by atoms with Crippen LogP contribution < -0.4 is 0 Å². The van der Waals surface area contributed by atoms with Gasteiger partial charge in [-0.1, -0.05) is 19.2 Å². The predicted molar refractivity (Wildman–Crippen MR) is 51.5 cm³/mol. The van der Waals surface area contributed by atoms with Gasteiger partial charge in [0, 0.05) is 5.57 Å². The Kier molecular flexibility index (Phi) is 6.11. The number of carbonyl (C=O) groups is 2. The molecule has 14 heavy (non-hydrogen) atoms. The molecular formula is C10H14O4. The van der Waals surface area contributed by atoms with Crippen molar-refractivity contribution < 1.29 is 19.1 Å². The topological polar surface area (TPSA) is 52.6 Å². The fourth-order valence-electron chi connectivity index (χ4n) is 0.574. The van der Waals surface area contributed by atoms with Crippen molar-refractivity contribution in [1.29, 1.82) is 0 Å². The van der Waals surface area contributed by atoms with Crippen LogP contribution in [0.15, 0.2) is 24.8 Å². The van der Waals surface area contributed by atoms with Crippen molar-refractivity contribution >= 4 is 11.9 Å². The molecule has 0 atom stereocenters. The lowest BCUT2D eigenvalue weighted by Crippen LogP contribution is -2.12. The third kappa shape index (κ3) is 5.99. The van der Waals surface area contributed by atoms with Crippen molar-refractivity contribution in [2.45, 2.75) is 13.3 Å². The zero-order valence-electron chi connectivity index (χ0n) is 8.25. The molecule has 78 valence electrons. The quantitative estimate of drug-likeness (QED) is 0.366. The summed E-state index contributed by atoms with van der Waals surface area (Å²) in [5.74, 6) is -0.916. The van der Waals surface area contributed by atoms with Crippen LogP contribution in [-0.2, 0) is 19.1 Å². The number of carbonyl (C=O) groups excluding carboxylic acids is 2. The smallest absolute Gasteiger partial charge is 0.333 e. The lowest BCUT2D eigenvalue weighted by molar-refractivity contribution is -0.146. The standard InChI is InChI=1S/C10H14O4/c1-4-6-13-9(11)5-7-14-10(12)8(2)3/h4H,1-2,5-7H2,3H3. The van der Waals surface area contributed by atoms with E-state index in [0.29, 0.717) is 5.57 Å². The van der Waals surface area contributed by atoms with E-state index in [0.717, 1.165) is 0 Å². The molecule has 0 saturated carbocycles. The monoisotopic (exact) mass is 198 g/mol. The zero-order valence-corrected chi connectivity index (χ0v) is 8.25. The van der Waals surface area contributed by atoms with Crippen LogP contribution >= 0.6 is 0 Å². The molecule has 0 rings (SSSR count). The Morgan fingerprint density at radius 2 is 2.00 bits per heavy atom. The minimum atomic E-state index is -0.499. The molecule has 0 aromatic rings. The Bertz CT molecular complexity index is 243. The van der Waals surface area contributed by atoms with Gasteiger partial charge in [0.1, 0.15) is 13.2 Å². The first kappa shape index (κ1) is 12.4. The summed E-state index contributed by atoms with van der Waals surface area (Å²) in [7, 11) is 0. The molecule has 0 aliphatic rings. The summed E-state index contributed by atoms with van der Waals surface area (Å²) in [6, 6.07) is 0. The molecule has 0 N–H and O–H groups in total. The van der Waals surface area contributed by atoms with Crippen LogP contribution in [0.1, 0.15) is 13.3 Å². The van der Waals surface area contributed by atoms with Crippen molar-refractivity contribution in [3.8, 4) is 0 Å². The molecule has 0 amide bonds. The van der Waals surface area contributed by atoms with E-state index in [1.54, 1.807) is 6.92 Å². The first-order chi connectivity index (χ1) is 6.57. The lowest BCUT2D eigenvalue weighted by Gasteiger charge is -2.03. The van der Waals surface area contributed by atoms with Gasteiger partial charge >= 0.3 is 11.9 Å². The van der Waals surface area contributed by atoms with Gasteiger partial charge in [0.05, 0.1) is 6.42 Å². The van der Waals surface area contributed by atoms with Gasteiger partial charge in [0.25, 0.3) is 0 Å². The molecule has 0 aliphatic heterocycles. The lowest BCUT2D eigenvalue weighted by atomic mass is 10.4. The highest BCUT2D eigenvalue weighted by Crippen LogP contribution is 1.94. The Labute approximate surface area is 83.2 Å². The van der Waals surface area contributed by atoms with Crippen LogP contribution in [0.3, 0.4) is 0 Å². The number of ether oxygens (including phenoxy) is 2. The van der Waals surface area contributed by atoms with Gasteiger partial charge in [-0.3, -0.25) is 4.79 Å². The van der Waals surface area contributed by atoms with Gasteiger partial charge in [0.2, 0.25) is 0 Å². The van der Waals surface area contributed by atoms with E-state index >= 15 is 0 Å². The maximum Gasteiger partial charge on any atom is 0.333 e. The largest absolute Gasteiger partial charge is 0.462 e. The molecule has 0 aromatic carbocycles. The normalized spacial score (nSPS) is 8.93. The Balaban J connectivity index is 3.53. The second-order valence-electron chi connectivity index (χ2n) is 2.64. The van der Waals surface area contributed by atoms with Gasteiger partial charge in [-0.25, -0.2) is 4.79 Å². The summed E-state index contributed by atoms with van der Waals surface area (Å²) in [6.07, 6.45) is 1.52. The number of rotatable bonds is 6. The minimum Gasteiger partial charge on any atom is -0.462 e. The van der Waals surface area contributed by atoms with Crippen molar-refractivity contribution in [3.63, 3.8) is 0 Å². The summed E-state index contributed by atoms with van der Waals surface area (Å²) in [4.78, 5) is 21.7. The molecule has 0 unspecified atom stereocenters. The molecule has 0 bridgehead atoms. The highest BCUT2D eigenvalue weighted by atomic mass is 16.5. The van der Waals surface area contributed by atoms with E-state index < -0.39 is 11.9 Å². The molecule has 0 fully saturated rings. The van der Waals surface area contributed by atoms with Crippen LogP contribution in [0.4, 0.5) is 0 Å². The molecule has 0 aromatic heterocycles. The van der Waals surface area contributed by atoms with E-state index in [-0.39, 0.29) is 19.6 Å². The molecular weight excluding hydrogens is 184 g/mol. The molecule has 0 radical (unpaired) electrons.